The number of allylic oxidation sites excluding steroid dienone is 2. The predicted octanol–water partition coefficient (Wildman–Crippen LogP) is 11.1. The van der Waals surface area contributed by atoms with Gasteiger partial charge in [0, 0.05) is 12.8 Å². The minimum atomic E-state index is -1.35. The lowest BCUT2D eigenvalue weighted by atomic mass is 10.0. The molecule has 0 unspecified atom stereocenters. The van der Waals surface area contributed by atoms with Crippen molar-refractivity contribution in [2.75, 3.05) is 6.61 Å². The molecule has 5 nitrogen and oxygen atoms in total. The summed E-state index contributed by atoms with van der Waals surface area (Å²) in [6, 6.07) is 0. The largest absolute Gasteiger partial charge is 0.451 e. The second kappa shape index (κ2) is 34.7. The molecule has 0 aliphatic carbocycles. The van der Waals surface area contributed by atoms with Crippen LogP contribution in [0.2, 0.25) is 0 Å². The molecule has 0 bridgehead atoms. The topological polar surface area (TPSA) is 83.8 Å². The van der Waals surface area contributed by atoms with Crippen molar-refractivity contribution in [3.8, 4) is 0 Å². The van der Waals surface area contributed by atoms with E-state index in [1.807, 2.05) is 0 Å². The maximum atomic E-state index is 12.7. The maximum Gasteiger partial charge on any atom is 0.306 e. The Labute approximate surface area is 273 Å². The Morgan fingerprint density at radius 2 is 0.864 bits per heavy atom. The van der Waals surface area contributed by atoms with Gasteiger partial charge in [0.1, 0.15) is 6.10 Å². The third-order valence-corrected chi connectivity index (χ3v) is 8.78. The van der Waals surface area contributed by atoms with Crippen LogP contribution in [0.4, 0.5) is 0 Å². The first-order chi connectivity index (χ1) is 21.6. The summed E-state index contributed by atoms with van der Waals surface area (Å²) in [6.45, 7) is 3.93. The minimum Gasteiger partial charge on any atom is -0.451 e. The lowest BCUT2D eigenvalue weighted by Gasteiger charge is -2.20. The van der Waals surface area contributed by atoms with E-state index in [1.54, 1.807) is 0 Å². The molecule has 0 aromatic heterocycles. The van der Waals surface area contributed by atoms with Crippen LogP contribution in [-0.4, -0.2) is 40.8 Å². The van der Waals surface area contributed by atoms with E-state index in [2.05, 4.69) is 26.0 Å². The van der Waals surface area contributed by atoms with E-state index in [4.69, 9.17) is 4.74 Å². The Kier molecular flexibility index (Phi) is 33.7. The summed E-state index contributed by atoms with van der Waals surface area (Å²) in [5.74, 6) is -0.732. The number of carbonyl (C=O) groups is 2. The van der Waals surface area contributed by atoms with Gasteiger partial charge in [0.05, 0.1) is 6.61 Å². The first-order valence-electron chi connectivity index (χ1n) is 19.2. The molecule has 0 spiro atoms. The number of aliphatic hydroxyl groups excluding tert-OH is 2. The fraction of sp³-hybridized carbons (Fsp3) is 0.897. The average molecular weight is 623 g/mol. The van der Waals surface area contributed by atoms with Gasteiger partial charge in [0.2, 0.25) is 0 Å². The molecule has 260 valence electrons. The summed E-state index contributed by atoms with van der Waals surface area (Å²) in [4.78, 5) is 25.0. The lowest BCUT2D eigenvalue weighted by molar-refractivity contribution is -0.163. The van der Waals surface area contributed by atoms with Crippen LogP contribution < -0.4 is 0 Å². The van der Waals surface area contributed by atoms with Gasteiger partial charge >= 0.3 is 5.97 Å². The van der Waals surface area contributed by atoms with Crippen LogP contribution in [0.5, 0.6) is 0 Å². The van der Waals surface area contributed by atoms with Crippen molar-refractivity contribution in [2.45, 2.75) is 219 Å². The third-order valence-electron chi connectivity index (χ3n) is 8.78. The Bertz CT molecular complexity index is 646. The van der Waals surface area contributed by atoms with E-state index < -0.39 is 24.8 Å². The van der Waals surface area contributed by atoms with Crippen LogP contribution in [0, 0.1) is 0 Å². The average Bonchev–Trinajstić information content (AvgIpc) is 3.03. The van der Waals surface area contributed by atoms with Gasteiger partial charge in [-0.15, -0.1) is 0 Å². The normalized spacial score (nSPS) is 13.0. The number of esters is 1. The van der Waals surface area contributed by atoms with Crippen molar-refractivity contribution >= 4 is 11.8 Å². The standard InChI is InChI=1S/C39H74O5/c1-3-5-7-9-11-13-15-17-19-21-23-25-27-29-31-33-36(41)39(37(42)35-40)44-38(43)34-32-30-28-26-24-22-20-18-16-14-12-10-8-6-4-2/h17,19,37,39-40,42H,3-16,18,20-35H2,1-2H3/b19-17-/t37-,39+/m0/s1. The zero-order chi connectivity index (χ0) is 32.4. The Morgan fingerprint density at radius 1 is 0.523 bits per heavy atom. The molecule has 0 aromatic carbocycles. The van der Waals surface area contributed by atoms with Crippen LogP contribution in [0.1, 0.15) is 206 Å². The second-order valence-corrected chi connectivity index (χ2v) is 13.2. The van der Waals surface area contributed by atoms with Crippen molar-refractivity contribution < 1.29 is 24.5 Å². The molecule has 2 atom stereocenters. The molecule has 0 amide bonds. The number of Topliss-reactive ketones (excluding diaryl/α,β-unsaturated/α-hetero) is 1. The number of hydrogen-bond donors (Lipinski definition) is 2. The molecule has 2 N–H and O–H groups in total. The fourth-order valence-electron chi connectivity index (χ4n) is 5.81. The zero-order valence-electron chi connectivity index (χ0n) is 29.3. The maximum absolute atomic E-state index is 12.7. The predicted molar refractivity (Wildman–Crippen MR) is 187 cm³/mol. The number of carbonyl (C=O) groups excluding carboxylic acids is 2. The molecule has 0 saturated heterocycles. The van der Waals surface area contributed by atoms with E-state index in [0.29, 0.717) is 0 Å². The minimum absolute atomic E-state index is 0.258. The number of ketones is 1. The van der Waals surface area contributed by atoms with Gasteiger partial charge in [-0.1, -0.05) is 167 Å². The van der Waals surface area contributed by atoms with E-state index in [9.17, 15) is 19.8 Å². The number of hydrogen-bond acceptors (Lipinski definition) is 5. The molecule has 0 saturated carbocycles. The highest BCUT2D eigenvalue weighted by atomic mass is 16.6. The van der Waals surface area contributed by atoms with Gasteiger partial charge in [0.25, 0.3) is 0 Å². The van der Waals surface area contributed by atoms with Gasteiger partial charge in [-0.25, -0.2) is 0 Å². The van der Waals surface area contributed by atoms with Crippen molar-refractivity contribution in [1.29, 1.82) is 0 Å². The van der Waals surface area contributed by atoms with E-state index >= 15 is 0 Å². The summed E-state index contributed by atoms with van der Waals surface area (Å²) in [5.41, 5.74) is 0. The van der Waals surface area contributed by atoms with Gasteiger partial charge in [-0.2, -0.15) is 0 Å². The van der Waals surface area contributed by atoms with Crippen LogP contribution in [0.15, 0.2) is 12.2 Å². The van der Waals surface area contributed by atoms with E-state index in [-0.39, 0.29) is 18.6 Å². The van der Waals surface area contributed by atoms with Crippen LogP contribution in [-0.2, 0) is 14.3 Å². The molecule has 5 heteroatoms. The number of unbranched alkanes of at least 4 members (excludes halogenated alkanes) is 25. The monoisotopic (exact) mass is 623 g/mol. The van der Waals surface area contributed by atoms with Crippen LogP contribution in [0.25, 0.3) is 0 Å². The van der Waals surface area contributed by atoms with Crippen molar-refractivity contribution in [1.82, 2.24) is 0 Å². The summed E-state index contributed by atoms with van der Waals surface area (Å²) in [5, 5.41) is 19.5. The highest BCUT2D eigenvalue weighted by Crippen LogP contribution is 2.16. The SMILES string of the molecule is CCCCCCCC/C=C\CCCCCCCC(=O)[C@@H](OC(=O)CCCCCCCCCCCCCCCCC)[C@@H](O)CO. The number of aliphatic hydroxyl groups is 2. The molecule has 0 rings (SSSR count). The van der Waals surface area contributed by atoms with Gasteiger partial charge < -0.3 is 14.9 Å². The highest BCUT2D eigenvalue weighted by Gasteiger charge is 2.29. The molecule has 0 fully saturated rings. The quantitative estimate of drug-likeness (QED) is 0.0417. The molecule has 0 aliphatic rings. The summed E-state index contributed by atoms with van der Waals surface area (Å²) < 4.78 is 5.35. The lowest BCUT2D eigenvalue weighted by Crippen LogP contribution is -2.40. The smallest absolute Gasteiger partial charge is 0.306 e. The Hall–Kier alpha value is -1.20. The van der Waals surface area contributed by atoms with Crippen LogP contribution in [0.3, 0.4) is 0 Å². The summed E-state index contributed by atoms with van der Waals surface area (Å²) in [7, 11) is 0. The third kappa shape index (κ3) is 29.5. The van der Waals surface area contributed by atoms with Crippen molar-refractivity contribution in [3.63, 3.8) is 0 Å². The van der Waals surface area contributed by atoms with E-state index in [0.717, 1.165) is 51.4 Å². The van der Waals surface area contributed by atoms with Crippen molar-refractivity contribution in [3.05, 3.63) is 12.2 Å². The number of rotatable bonds is 35. The molecule has 0 radical (unpaired) electrons. The molecule has 0 aliphatic heterocycles. The van der Waals surface area contributed by atoms with Crippen molar-refractivity contribution in [2.24, 2.45) is 0 Å². The highest BCUT2D eigenvalue weighted by molar-refractivity contribution is 5.86. The van der Waals surface area contributed by atoms with Gasteiger partial charge in [0.15, 0.2) is 11.9 Å². The number of ether oxygens (including phenoxy) is 1. The van der Waals surface area contributed by atoms with Gasteiger partial charge in [-0.05, 0) is 38.5 Å². The Morgan fingerprint density at radius 3 is 1.25 bits per heavy atom. The molecular formula is C39H74O5. The van der Waals surface area contributed by atoms with Gasteiger partial charge in [-0.3, -0.25) is 9.59 Å². The fourth-order valence-corrected chi connectivity index (χ4v) is 5.81. The summed E-state index contributed by atoms with van der Waals surface area (Å²) in [6.07, 6.45) is 36.9. The van der Waals surface area contributed by atoms with Crippen LogP contribution >= 0.6 is 0 Å². The summed E-state index contributed by atoms with van der Waals surface area (Å²) >= 11 is 0. The first-order valence-corrected chi connectivity index (χ1v) is 19.2. The zero-order valence-corrected chi connectivity index (χ0v) is 29.3. The Balaban J connectivity index is 3.79. The van der Waals surface area contributed by atoms with E-state index in [1.165, 1.54) is 128 Å². The molecular weight excluding hydrogens is 548 g/mol. The molecule has 0 aromatic rings. The second-order valence-electron chi connectivity index (χ2n) is 13.2. The molecule has 44 heavy (non-hydrogen) atoms. The first kappa shape index (κ1) is 42.8. The molecule has 0 heterocycles.